The van der Waals surface area contributed by atoms with Gasteiger partial charge in [0.25, 0.3) is 0 Å². The van der Waals surface area contributed by atoms with Crippen molar-refractivity contribution in [2.75, 3.05) is 20.3 Å². The van der Waals surface area contributed by atoms with Gasteiger partial charge in [-0.3, -0.25) is 9.59 Å². The van der Waals surface area contributed by atoms with E-state index >= 15 is 0 Å². The van der Waals surface area contributed by atoms with Crippen LogP contribution in [-0.2, 0) is 9.53 Å². The molecule has 0 aromatic carbocycles. The molecule has 1 N–H and O–H groups in total. The molecule has 0 radical (unpaired) electrons. The molecule has 0 bridgehead atoms. The number of hydrogen-bond donors (Lipinski definition) is 1. The van der Waals surface area contributed by atoms with Crippen molar-refractivity contribution >= 4 is 34.6 Å². The minimum Gasteiger partial charge on any atom is -0.383 e. The van der Waals surface area contributed by atoms with E-state index in [1.165, 1.54) is 11.3 Å². The van der Waals surface area contributed by atoms with E-state index in [1.54, 1.807) is 19.2 Å². The number of ketones is 1. The van der Waals surface area contributed by atoms with Crippen molar-refractivity contribution in [1.29, 1.82) is 0 Å². The van der Waals surface area contributed by atoms with Crippen LogP contribution in [0.4, 0.5) is 0 Å². The molecule has 1 rings (SSSR count). The molecular formula is C11H14ClNO3S. The Morgan fingerprint density at radius 3 is 2.76 bits per heavy atom. The highest BCUT2D eigenvalue weighted by atomic mass is 35.5. The van der Waals surface area contributed by atoms with Crippen molar-refractivity contribution in [3.05, 3.63) is 21.3 Å². The summed E-state index contributed by atoms with van der Waals surface area (Å²) in [6, 6.07) is 3.36. The van der Waals surface area contributed by atoms with Gasteiger partial charge in [0.05, 0.1) is 15.8 Å². The van der Waals surface area contributed by atoms with E-state index in [2.05, 4.69) is 5.32 Å². The van der Waals surface area contributed by atoms with Crippen molar-refractivity contribution in [2.45, 2.75) is 12.8 Å². The number of nitrogens with one attached hydrogen (secondary N) is 1. The average molecular weight is 276 g/mol. The molecule has 0 aliphatic carbocycles. The normalized spacial score (nSPS) is 10.2. The van der Waals surface area contributed by atoms with Gasteiger partial charge in [0.2, 0.25) is 5.91 Å². The summed E-state index contributed by atoms with van der Waals surface area (Å²) in [7, 11) is 1.57. The van der Waals surface area contributed by atoms with Crippen LogP contribution in [0.1, 0.15) is 22.5 Å². The average Bonchev–Trinajstić information content (AvgIpc) is 2.73. The molecule has 4 nitrogen and oxygen atoms in total. The second-order valence-electron chi connectivity index (χ2n) is 3.37. The Hall–Kier alpha value is -0.910. The summed E-state index contributed by atoms with van der Waals surface area (Å²) in [5.74, 6) is -0.193. The topological polar surface area (TPSA) is 55.4 Å². The van der Waals surface area contributed by atoms with Gasteiger partial charge in [-0.2, -0.15) is 0 Å². The van der Waals surface area contributed by atoms with Crippen LogP contribution < -0.4 is 5.32 Å². The first kappa shape index (κ1) is 14.2. The summed E-state index contributed by atoms with van der Waals surface area (Å²) in [6.07, 6.45) is 0.397. The molecule has 0 fully saturated rings. The third-order valence-corrected chi connectivity index (χ3v) is 3.33. The van der Waals surface area contributed by atoms with Crippen LogP contribution in [0.15, 0.2) is 12.1 Å². The molecule has 1 amide bonds. The number of hydrogen-bond acceptors (Lipinski definition) is 4. The fourth-order valence-electron chi connectivity index (χ4n) is 1.20. The van der Waals surface area contributed by atoms with E-state index in [9.17, 15) is 9.59 Å². The van der Waals surface area contributed by atoms with Gasteiger partial charge in [-0.05, 0) is 12.1 Å². The zero-order chi connectivity index (χ0) is 12.7. The lowest BCUT2D eigenvalue weighted by atomic mass is 10.2. The lowest BCUT2D eigenvalue weighted by Crippen LogP contribution is -2.27. The molecule has 0 aliphatic rings. The summed E-state index contributed by atoms with van der Waals surface area (Å²) in [4.78, 5) is 23.6. The third-order valence-electron chi connectivity index (χ3n) is 2.06. The van der Waals surface area contributed by atoms with Gasteiger partial charge in [0.15, 0.2) is 5.78 Å². The van der Waals surface area contributed by atoms with E-state index in [4.69, 9.17) is 16.3 Å². The van der Waals surface area contributed by atoms with Crippen LogP contribution >= 0.6 is 22.9 Å². The summed E-state index contributed by atoms with van der Waals surface area (Å²) < 4.78 is 5.38. The summed E-state index contributed by atoms with van der Waals surface area (Å²) >= 11 is 6.96. The number of carbonyl (C=O) groups excluding carboxylic acids is 2. The molecule has 0 atom stereocenters. The van der Waals surface area contributed by atoms with Crippen LogP contribution in [0.3, 0.4) is 0 Å². The lowest BCUT2D eigenvalue weighted by Gasteiger charge is -2.03. The Bertz CT molecular complexity index is 392. The fraction of sp³-hybridized carbons (Fsp3) is 0.455. The second kappa shape index (κ2) is 7.42. The van der Waals surface area contributed by atoms with Gasteiger partial charge in [0.1, 0.15) is 0 Å². The number of Topliss-reactive ketones (excluding diaryl/α,β-unsaturated/α-hetero) is 1. The van der Waals surface area contributed by atoms with Crippen LogP contribution in [0, 0.1) is 0 Å². The highest BCUT2D eigenvalue weighted by Crippen LogP contribution is 2.22. The Morgan fingerprint density at radius 2 is 2.18 bits per heavy atom. The van der Waals surface area contributed by atoms with Crippen molar-refractivity contribution in [3.63, 3.8) is 0 Å². The van der Waals surface area contributed by atoms with E-state index < -0.39 is 0 Å². The monoisotopic (exact) mass is 275 g/mol. The molecule has 0 aliphatic heterocycles. The Labute approximate surface area is 109 Å². The number of carbonyl (C=O) groups is 2. The van der Waals surface area contributed by atoms with E-state index in [-0.39, 0.29) is 24.5 Å². The first-order valence-corrected chi connectivity index (χ1v) is 6.37. The molecule has 0 saturated heterocycles. The van der Waals surface area contributed by atoms with Crippen LogP contribution in [0.5, 0.6) is 0 Å². The first-order chi connectivity index (χ1) is 8.13. The number of amides is 1. The number of halogens is 1. The number of methoxy groups -OCH3 is 1. The Balaban J connectivity index is 2.26. The Kier molecular flexibility index (Phi) is 6.18. The van der Waals surface area contributed by atoms with Crippen molar-refractivity contribution in [2.24, 2.45) is 0 Å². The van der Waals surface area contributed by atoms with Gasteiger partial charge >= 0.3 is 0 Å². The van der Waals surface area contributed by atoms with E-state index in [0.717, 1.165) is 0 Å². The smallest absolute Gasteiger partial charge is 0.220 e. The van der Waals surface area contributed by atoms with Gasteiger partial charge in [-0.15, -0.1) is 11.3 Å². The zero-order valence-corrected chi connectivity index (χ0v) is 11.1. The molecule has 0 unspecified atom stereocenters. The number of ether oxygens (including phenoxy) is 1. The molecule has 94 valence electrons. The first-order valence-electron chi connectivity index (χ1n) is 5.17. The maximum Gasteiger partial charge on any atom is 0.220 e. The highest BCUT2D eigenvalue weighted by molar-refractivity contribution is 7.18. The molecule has 6 heteroatoms. The highest BCUT2D eigenvalue weighted by Gasteiger charge is 2.11. The maximum atomic E-state index is 11.6. The summed E-state index contributed by atoms with van der Waals surface area (Å²) in [5, 5.41) is 2.66. The molecular weight excluding hydrogens is 262 g/mol. The molecule has 17 heavy (non-hydrogen) atoms. The zero-order valence-electron chi connectivity index (χ0n) is 9.49. The lowest BCUT2D eigenvalue weighted by molar-refractivity contribution is -0.121. The predicted molar refractivity (Wildman–Crippen MR) is 67.8 cm³/mol. The standard InChI is InChI=1S/C11H14ClNO3S/c1-16-7-6-13-11(15)5-2-8(14)9-3-4-10(12)17-9/h3-4H,2,5-7H2,1H3,(H,13,15). The van der Waals surface area contributed by atoms with Gasteiger partial charge in [-0.25, -0.2) is 0 Å². The van der Waals surface area contributed by atoms with Crippen molar-refractivity contribution in [1.82, 2.24) is 5.32 Å². The largest absolute Gasteiger partial charge is 0.383 e. The molecule has 1 aromatic heterocycles. The molecule has 1 heterocycles. The van der Waals surface area contributed by atoms with Gasteiger partial charge in [0, 0.05) is 26.5 Å². The van der Waals surface area contributed by atoms with E-state index in [0.29, 0.717) is 22.4 Å². The second-order valence-corrected chi connectivity index (χ2v) is 5.08. The third kappa shape index (κ3) is 5.30. The van der Waals surface area contributed by atoms with Crippen molar-refractivity contribution < 1.29 is 14.3 Å². The minimum atomic E-state index is -0.141. The number of rotatable bonds is 7. The SMILES string of the molecule is COCCNC(=O)CCC(=O)c1ccc(Cl)s1. The molecule has 0 saturated carbocycles. The summed E-state index contributed by atoms with van der Waals surface area (Å²) in [6.45, 7) is 0.939. The fourth-order valence-corrected chi connectivity index (χ4v) is 2.21. The Morgan fingerprint density at radius 1 is 1.41 bits per heavy atom. The molecule has 1 aromatic rings. The van der Waals surface area contributed by atoms with Gasteiger partial charge < -0.3 is 10.1 Å². The van der Waals surface area contributed by atoms with Crippen LogP contribution in [-0.4, -0.2) is 32.0 Å². The number of thiophene rings is 1. The quantitative estimate of drug-likeness (QED) is 0.613. The summed E-state index contributed by atoms with van der Waals surface area (Å²) in [5.41, 5.74) is 0. The van der Waals surface area contributed by atoms with Crippen LogP contribution in [0.2, 0.25) is 4.34 Å². The van der Waals surface area contributed by atoms with Crippen molar-refractivity contribution in [3.8, 4) is 0 Å². The van der Waals surface area contributed by atoms with Crippen LogP contribution in [0.25, 0.3) is 0 Å². The minimum absolute atomic E-state index is 0.0520. The van der Waals surface area contributed by atoms with E-state index in [1.807, 2.05) is 0 Å². The predicted octanol–water partition coefficient (Wildman–Crippen LogP) is 2.13. The molecule has 0 spiro atoms. The van der Waals surface area contributed by atoms with Gasteiger partial charge in [-0.1, -0.05) is 11.6 Å². The maximum absolute atomic E-state index is 11.6.